The van der Waals surface area contributed by atoms with Crippen LogP contribution in [0.25, 0.3) is 11.1 Å². The summed E-state index contributed by atoms with van der Waals surface area (Å²) in [7, 11) is 0.252. The number of nitro benzene ring substituents is 1. The van der Waals surface area contributed by atoms with Crippen LogP contribution in [0.5, 0.6) is 5.75 Å². The highest BCUT2D eigenvalue weighted by atomic mass is 32.2. The molecule has 1 fully saturated rings. The zero-order valence-electron chi connectivity index (χ0n) is 30.2. The van der Waals surface area contributed by atoms with Crippen molar-refractivity contribution in [3.63, 3.8) is 0 Å². The normalized spacial score (nSPS) is 13.0. The summed E-state index contributed by atoms with van der Waals surface area (Å²) in [6, 6.07) is 24.1. The molecule has 0 unspecified atom stereocenters. The third-order valence-corrected chi connectivity index (χ3v) is 11.3. The molecule has 54 heavy (non-hydrogen) atoms. The number of hydrogen-bond donors (Lipinski definition) is 3. The molecular weight excluding hydrogens is 731 g/mol. The van der Waals surface area contributed by atoms with Gasteiger partial charge in [0.15, 0.2) is 0 Å². The number of benzene rings is 4. The van der Waals surface area contributed by atoms with Gasteiger partial charge in [-0.1, -0.05) is 42.5 Å². The molecule has 0 bridgehead atoms. The second kappa shape index (κ2) is 18.1. The first-order valence-corrected chi connectivity index (χ1v) is 19.8. The predicted molar refractivity (Wildman–Crippen MR) is 208 cm³/mol. The molecule has 0 radical (unpaired) electrons. The van der Waals surface area contributed by atoms with E-state index < -0.39 is 37.5 Å². The highest BCUT2D eigenvalue weighted by molar-refractivity contribution is 7.99. The van der Waals surface area contributed by atoms with Gasteiger partial charge >= 0.3 is 0 Å². The van der Waals surface area contributed by atoms with E-state index in [4.69, 9.17) is 4.74 Å². The average Bonchev–Trinajstić information content (AvgIpc) is 4.00. The number of ether oxygens (including phenoxy) is 1. The SMILES string of the molecule is COc1cc(CCC(=O)NCC2CC2)ccc1-c1ccc(C(=O)NS(=O)(=O)c2ccc(N[C@@H](CSc3ccccc3)CC(=O)N(C)C)c([N+](=O)[O-])c2)cc1. The van der Waals surface area contributed by atoms with Crippen LogP contribution < -0.4 is 20.1 Å². The molecule has 0 saturated heterocycles. The number of carbonyl (C=O) groups excluding carboxylic acids is 3. The van der Waals surface area contributed by atoms with E-state index in [-0.39, 0.29) is 29.5 Å². The Labute approximate surface area is 319 Å². The van der Waals surface area contributed by atoms with Crippen molar-refractivity contribution in [1.29, 1.82) is 0 Å². The molecular formula is C39H43N5O8S2. The molecule has 13 nitrogen and oxygen atoms in total. The molecule has 0 aliphatic heterocycles. The number of nitrogens with one attached hydrogen (secondary N) is 3. The van der Waals surface area contributed by atoms with Crippen molar-refractivity contribution in [2.24, 2.45) is 5.92 Å². The summed E-state index contributed by atoms with van der Waals surface area (Å²) in [5.41, 5.74) is 1.94. The molecule has 3 amide bonds. The highest BCUT2D eigenvalue weighted by Gasteiger charge is 2.26. The molecule has 4 aromatic carbocycles. The van der Waals surface area contributed by atoms with E-state index in [1.807, 2.05) is 53.3 Å². The third kappa shape index (κ3) is 11.1. The van der Waals surface area contributed by atoms with E-state index in [9.17, 15) is 32.9 Å². The average molecular weight is 774 g/mol. The maximum absolute atomic E-state index is 13.3. The van der Waals surface area contributed by atoms with Gasteiger partial charge in [-0.2, -0.15) is 0 Å². The molecule has 0 heterocycles. The summed E-state index contributed by atoms with van der Waals surface area (Å²) >= 11 is 1.47. The lowest BCUT2D eigenvalue weighted by Crippen LogP contribution is -2.32. The molecule has 0 spiro atoms. The number of anilines is 1. The maximum atomic E-state index is 13.3. The quantitative estimate of drug-likeness (QED) is 0.0627. The molecule has 3 N–H and O–H groups in total. The first kappa shape index (κ1) is 39.8. The van der Waals surface area contributed by atoms with Crippen molar-refractivity contribution in [2.75, 3.05) is 38.8 Å². The molecule has 1 saturated carbocycles. The van der Waals surface area contributed by atoms with Crippen LogP contribution in [0.2, 0.25) is 0 Å². The lowest BCUT2D eigenvalue weighted by molar-refractivity contribution is -0.384. The lowest BCUT2D eigenvalue weighted by Gasteiger charge is -2.21. The number of amides is 3. The first-order chi connectivity index (χ1) is 25.8. The molecule has 1 atom stereocenters. The van der Waals surface area contributed by atoms with Crippen LogP contribution in [0.4, 0.5) is 11.4 Å². The fourth-order valence-electron chi connectivity index (χ4n) is 5.53. The Morgan fingerprint density at radius 3 is 2.35 bits per heavy atom. The van der Waals surface area contributed by atoms with Crippen molar-refractivity contribution in [3.05, 3.63) is 112 Å². The second-order valence-electron chi connectivity index (χ2n) is 13.2. The van der Waals surface area contributed by atoms with E-state index in [1.165, 1.54) is 53.8 Å². The first-order valence-electron chi connectivity index (χ1n) is 17.4. The standard InChI is InChI=1S/C39H43N5O8S2/c1-43(2)38(46)22-30(25-53-31-7-5-4-6-8-31)41-34-19-17-32(23-35(34)44(48)49)54(50,51)42-39(47)29-15-13-28(14-16-29)33-18-11-26(21-36(33)52-3)12-20-37(45)40-24-27-9-10-27/h4-8,11,13-19,21,23,27,30,41H,9-10,12,20,22,24-25H2,1-3H3,(H,40,45)(H,42,47)/t30-/m1/s1. The smallest absolute Gasteiger partial charge is 0.293 e. The molecule has 284 valence electrons. The Morgan fingerprint density at radius 1 is 0.981 bits per heavy atom. The van der Waals surface area contributed by atoms with Crippen LogP contribution in [0.3, 0.4) is 0 Å². The minimum atomic E-state index is -4.52. The van der Waals surface area contributed by atoms with Crippen LogP contribution in [0.1, 0.15) is 41.6 Å². The fraction of sp³-hybridized carbons (Fsp3) is 0.308. The van der Waals surface area contributed by atoms with E-state index in [2.05, 4.69) is 10.6 Å². The van der Waals surface area contributed by atoms with Gasteiger partial charge in [-0.25, -0.2) is 13.1 Å². The summed E-state index contributed by atoms with van der Waals surface area (Å²) in [5, 5.41) is 18.2. The number of nitrogens with zero attached hydrogens (tertiary/aromatic N) is 2. The summed E-state index contributed by atoms with van der Waals surface area (Å²) < 4.78 is 34.2. The topological polar surface area (TPSA) is 177 Å². The highest BCUT2D eigenvalue weighted by Crippen LogP contribution is 2.33. The van der Waals surface area contributed by atoms with Crippen LogP contribution >= 0.6 is 11.8 Å². The van der Waals surface area contributed by atoms with Crippen molar-refractivity contribution in [1.82, 2.24) is 14.9 Å². The van der Waals surface area contributed by atoms with Gasteiger partial charge in [0.2, 0.25) is 11.8 Å². The second-order valence-corrected chi connectivity index (χ2v) is 16.0. The minimum absolute atomic E-state index is 0.0144. The van der Waals surface area contributed by atoms with Gasteiger partial charge in [0, 0.05) is 67.4 Å². The van der Waals surface area contributed by atoms with Gasteiger partial charge in [-0.3, -0.25) is 24.5 Å². The van der Waals surface area contributed by atoms with Crippen molar-refractivity contribution >= 4 is 50.9 Å². The Balaban J connectivity index is 1.25. The predicted octanol–water partition coefficient (Wildman–Crippen LogP) is 5.90. The van der Waals surface area contributed by atoms with Gasteiger partial charge in [-0.15, -0.1) is 11.8 Å². The number of hydrogen-bond acceptors (Lipinski definition) is 10. The monoisotopic (exact) mass is 773 g/mol. The molecule has 1 aliphatic carbocycles. The van der Waals surface area contributed by atoms with E-state index in [0.29, 0.717) is 35.8 Å². The van der Waals surface area contributed by atoms with E-state index in [1.54, 1.807) is 33.3 Å². The van der Waals surface area contributed by atoms with Gasteiger partial charge in [0.1, 0.15) is 11.4 Å². The van der Waals surface area contributed by atoms with Gasteiger partial charge in [0.25, 0.3) is 21.6 Å². The van der Waals surface area contributed by atoms with Crippen LogP contribution in [0, 0.1) is 16.0 Å². The van der Waals surface area contributed by atoms with Crippen molar-refractivity contribution < 1.29 is 32.5 Å². The van der Waals surface area contributed by atoms with Crippen molar-refractivity contribution in [3.8, 4) is 16.9 Å². The third-order valence-electron chi connectivity index (χ3n) is 8.83. The van der Waals surface area contributed by atoms with Crippen LogP contribution in [-0.2, 0) is 26.0 Å². The fourth-order valence-corrected chi connectivity index (χ4v) is 7.47. The zero-order chi connectivity index (χ0) is 38.8. The Kier molecular flexibility index (Phi) is 13.3. The van der Waals surface area contributed by atoms with Crippen LogP contribution in [0.15, 0.2) is 101 Å². The van der Waals surface area contributed by atoms with E-state index >= 15 is 0 Å². The summed E-state index contributed by atoms with van der Waals surface area (Å²) in [5.74, 6) is 0.494. The lowest BCUT2D eigenvalue weighted by atomic mass is 9.99. The number of aryl methyl sites for hydroxylation is 1. The van der Waals surface area contributed by atoms with Crippen LogP contribution in [-0.4, -0.2) is 75.5 Å². The van der Waals surface area contributed by atoms with Gasteiger partial charge in [0.05, 0.1) is 16.9 Å². The minimum Gasteiger partial charge on any atom is -0.496 e. The molecule has 0 aromatic heterocycles. The molecule has 5 rings (SSSR count). The Morgan fingerprint density at radius 2 is 1.70 bits per heavy atom. The zero-order valence-corrected chi connectivity index (χ0v) is 31.9. The van der Waals surface area contributed by atoms with Gasteiger partial charge in [-0.05, 0) is 78.8 Å². The Hall–Kier alpha value is -5.41. The largest absolute Gasteiger partial charge is 0.496 e. The number of rotatable bonds is 18. The van der Waals surface area contributed by atoms with Crippen molar-refractivity contribution in [2.45, 2.75) is 47.9 Å². The maximum Gasteiger partial charge on any atom is 0.293 e. The number of methoxy groups -OCH3 is 1. The molecule has 15 heteroatoms. The summed E-state index contributed by atoms with van der Waals surface area (Å²) in [6.07, 6.45) is 3.30. The number of sulfonamides is 1. The molecule has 1 aliphatic rings. The Bertz CT molecular complexity index is 2090. The van der Waals surface area contributed by atoms with Gasteiger partial charge < -0.3 is 20.3 Å². The summed E-state index contributed by atoms with van der Waals surface area (Å²) in [4.78, 5) is 51.2. The number of carbonyl (C=O) groups is 3. The molecule has 4 aromatic rings. The number of nitro groups is 1. The number of thioether (sulfide) groups is 1. The van der Waals surface area contributed by atoms with E-state index in [0.717, 1.165) is 28.6 Å². The summed E-state index contributed by atoms with van der Waals surface area (Å²) in [6.45, 7) is 0.729.